The van der Waals surface area contributed by atoms with Gasteiger partial charge in [0.2, 0.25) is 0 Å². The molecule has 7 rings (SSSR count). The third-order valence-corrected chi connectivity index (χ3v) is 7.32. The van der Waals surface area contributed by atoms with Crippen molar-refractivity contribution in [3.63, 3.8) is 0 Å². The molecule has 0 N–H and O–H groups in total. The summed E-state index contributed by atoms with van der Waals surface area (Å²) < 4.78 is 8.78. The Morgan fingerprint density at radius 3 is 2.24 bits per heavy atom. The van der Waals surface area contributed by atoms with Crippen LogP contribution in [0.1, 0.15) is 37.2 Å². The third-order valence-electron chi connectivity index (χ3n) is 7.32. The smallest absolute Gasteiger partial charge is 0.155 e. The third kappa shape index (κ3) is 3.74. The monoisotopic (exact) mass is 484 g/mol. The molecule has 0 spiro atoms. The molecule has 0 radical (unpaired) electrons. The lowest BCUT2D eigenvalue weighted by molar-refractivity contribution is 0.588. The zero-order chi connectivity index (χ0) is 25.5. The Balaban J connectivity index is 0.00000123. The number of aryl methyl sites for hydroxylation is 3. The predicted molar refractivity (Wildman–Crippen MR) is 158 cm³/mol. The highest BCUT2D eigenvalue weighted by atomic mass is 16.3. The van der Waals surface area contributed by atoms with Crippen LogP contribution in [0.5, 0.6) is 0 Å². The molecule has 6 aromatic rings. The molecule has 4 aromatic carbocycles. The lowest BCUT2D eigenvalue weighted by Crippen LogP contribution is -2.17. The molecule has 0 saturated carbocycles. The van der Waals surface area contributed by atoms with Crippen LogP contribution in [0.15, 0.2) is 101 Å². The normalized spacial score (nSPS) is 12.8. The average Bonchev–Trinajstić information content (AvgIpc) is 3.46. The first-order chi connectivity index (χ1) is 18.2. The van der Waals surface area contributed by atoms with Gasteiger partial charge in [-0.15, -0.1) is 0 Å². The van der Waals surface area contributed by atoms with Crippen LogP contribution in [0.2, 0.25) is 0 Å². The van der Waals surface area contributed by atoms with Gasteiger partial charge < -0.3 is 13.9 Å². The molecular formula is C34H32N2O. The van der Waals surface area contributed by atoms with Crippen LogP contribution in [-0.4, -0.2) is 4.57 Å². The molecule has 0 atom stereocenters. The van der Waals surface area contributed by atoms with Gasteiger partial charge in [-0.3, -0.25) is 0 Å². The minimum Gasteiger partial charge on any atom is -0.454 e. The molecule has 1 aliphatic carbocycles. The highest BCUT2D eigenvalue weighted by Gasteiger charge is 2.27. The van der Waals surface area contributed by atoms with Gasteiger partial charge in [-0.1, -0.05) is 68.0 Å². The van der Waals surface area contributed by atoms with Gasteiger partial charge in [0.05, 0.1) is 5.70 Å². The standard InChI is InChI=1S/C32H26N2O.C2H6/c1-21-15-17-28-26(19-21)27-20-23(16-18-29(27)33(28)2)34(22-9-4-3-5-10-22)30-13-8-12-25-24-11-6-7-14-31(24)35-32(25)30;1-2/h3-7,9-11,13-20H,8,12H2,1-2H3;1-2H3. The van der Waals surface area contributed by atoms with Crippen molar-refractivity contribution in [3.05, 3.63) is 114 Å². The maximum Gasteiger partial charge on any atom is 0.155 e. The van der Waals surface area contributed by atoms with E-state index >= 15 is 0 Å². The number of para-hydroxylation sites is 2. The molecule has 1 aliphatic rings. The quantitative estimate of drug-likeness (QED) is 0.249. The summed E-state index contributed by atoms with van der Waals surface area (Å²) in [7, 11) is 2.15. The second kappa shape index (κ2) is 9.33. The van der Waals surface area contributed by atoms with Gasteiger partial charge in [0.15, 0.2) is 5.76 Å². The Bertz CT molecular complexity index is 1770. The molecule has 2 aromatic heterocycles. The van der Waals surface area contributed by atoms with E-state index in [1.165, 1.54) is 38.3 Å². The van der Waals surface area contributed by atoms with Gasteiger partial charge in [0, 0.05) is 51.2 Å². The number of rotatable bonds is 3. The summed E-state index contributed by atoms with van der Waals surface area (Å²) in [5.41, 5.74) is 9.41. The van der Waals surface area contributed by atoms with Gasteiger partial charge in [-0.25, -0.2) is 0 Å². The predicted octanol–water partition coefficient (Wildman–Crippen LogP) is 9.54. The van der Waals surface area contributed by atoms with E-state index in [2.05, 4.69) is 114 Å². The number of anilines is 2. The van der Waals surface area contributed by atoms with Crippen molar-refractivity contribution in [1.82, 2.24) is 4.57 Å². The SMILES string of the molecule is CC.Cc1ccc2c(c1)c1cc(N(C3=CCCc4c3oc3ccccc43)c3ccccc3)ccc1n2C. The van der Waals surface area contributed by atoms with Crippen molar-refractivity contribution in [2.75, 3.05) is 4.90 Å². The minimum absolute atomic E-state index is 0.957. The molecule has 2 heterocycles. The van der Waals surface area contributed by atoms with E-state index in [0.29, 0.717) is 0 Å². The van der Waals surface area contributed by atoms with Crippen molar-refractivity contribution in [3.8, 4) is 0 Å². The number of aromatic nitrogens is 1. The van der Waals surface area contributed by atoms with Gasteiger partial charge in [0.25, 0.3) is 0 Å². The first kappa shape index (κ1) is 23.2. The van der Waals surface area contributed by atoms with E-state index in [-0.39, 0.29) is 0 Å². The summed E-state index contributed by atoms with van der Waals surface area (Å²) in [5.74, 6) is 0.982. The molecule has 184 valence electrons. The van der Waals surface area contributed by atoms with Crippen LogP contribution >= 0.6 is 0 Å². The lowest BCUT2D eigenvalue weighted by Gasteiger charge is -2.29. The van der Waals surface area contributed by atoms with E-state index in [9.17, 15) is 0 Å². The fourth-order valence-corrected chi connectivity index (χ4v) is 5.66. The summed E-state index contributed by atoms with van der Waals surface area (Å²) in [6, 6.07) is 32.6. The number of hydrogen-bond donors (Lipinski definition) is 0. The zero-order valence-electron chi connectivity index (χ0n) is 22.0. The number of nitrogens with zero attached hydrogens (tertiary/aromatic N) is 2. The Kier molecular flexibility index (Phi) is 5.84. The largest absolute Gasteiger partial charge is 0.454 e. The highest BCUT2D eigenvalue weighted by Crippen LogP contribution is 2.43. The molecule has 0 unspecified atom stereocenters. The van der Waals surface area contributed by atoms with Gasteiger partial charge in [-0.2, -0.15) is 0 Å². The van der Waals surface area contributed by atoms with Crippen molar-refractivity contribution < 1.29 is 4.42 Å². The number of furan rings is 1. The van der Waals surface area contributed by atoms with Crippen LogP contribution in [-0.2, 0) is 13.5 Å². The molecular weight excluding hydrogens is 452 g/mol. The maximum absolute atomic E-state index is 6.49. The number of benzene rings is 4. The number of hydrogen-bond acceptors (Lipinski definition) is 2. The molecule has 0 aliphatic heterocycles. The molecule has 0 fully saturated rings. The second-order valence-corrected chi connectivity index (χ2v) is 9.49. The van der Waals surface area contributed by atoms with E-state index in [0.717, 1.165) is 41.3 Å². The summed E-state index contributed by atoms with van der Waals surface area (Å²) in [5, 5.41) is 3.78. The summed E-state index contributed by atoms with van der Waals surface area (Å²) in [6.07, 6.45) is 4.32. The fraction of sp³-hybridized carbons (Fsp3) is 0.176. The van der Waals surface area contributed by atoms with E-state index in [1.807, 2.05) is 19.9 Å². The van der Waals surface area contributed by atoms with E-state index in [1.54, 1.807) is 0 Å². The van der Waals surface area contributed by atoms with Crippen molar-refractivity contribution >= 4 is 49.8 Å². The summed E-state index contributed by atoms with van der Waals surface area (Å²) in [4.78, 5) is 2.36. The van der Waals surface area contributed by atoms with Gasteiger partial charge in [-0.05, 0) is 68.3 Å². The van der Waals surface area contributed by atoms with Crippen LogP contribution in [0.3, 0.4) is 0 Å². The van der Waals surface area contributed by atoms with Crippen LogP contribution in [0.4, 0.5) is 11.4 Å². The first-order valence-electron chi connectivity index (χ1n) is 13.2. The van der Waals surface area contributed by atoms with E-state index < -0.39 is 0 Å². The zero-order valence-corrected chi connectivity index (χ0v) is 22.0. The minimum atomic E-state index is 0.957. The molecule has 0 amide bonds. The Morgan fingerprint density at radius 1 is 0.730 bits per heavy atom. The Labute approximate surface area is 218 Å². The van der Waals surface area contributed by atoms with Crippen LogP contribution in [0, 0.1) is 6.92 Å². The second-order valence-electron chi connectivity index (χ2n) is 9.49. The van der Waals surface area contributed by atoms with Crippen LogP contribution < -0.4 is 4.90 Å². The maximum atomic E-state index is 6.49. The topological polar surface area (TPSA) is 21.3 Å². The van der Waals surface area contributed by atoms with Crippen molar-refractivity contribution in [2.45, 2.75) is 33.6 Å². The van der Waals surface area contributed by atoms with Crippen molar-refractivity contribution in [1.29, 1.82) is 0 Å². The molecule has 0 bridgehead atoms. The van der Waals surface area contributed by atoms with Crippen LogP contribution in [0.25, 0.3) is 38.5 Å². The Hall–Kier alpha value is -4.24. The molecule has 37 heavy (non-hydrogen) atoms. The summed E-state index contributed by atoms with van der Waals surface area (Å²) >= 11 is 0. The lowest BCUT2D eigenvalue weighted by atomic mass is 9.97. The van der Waals surface area contributed by atoms with E-state index in [4.69, 9.17) is 4.42 Å². The van der Waals surface area contributed by atoms with Gasteiger partial charge >= 0.3 is 0 Å². The molecule has 0 saturated heterocycles. The van der Waals surface area contributed by atoms with Gasteiger partial charge in [0.1, 0.15) is 5.58 Å². The highest BCUT2D eigenvalue weighted by molar-refractivity contribution is 6.10. The summed E-state index contributed by atoms with van der Waals surface area (Å²) in [6.45, 7) is 6.16. The Morgan fingerprint density at radius 2 is 1.43 bits per heavy atom. The average molecular weight is 485 g/mol. The number of allylic oxidation sites excluding steroid dienone is 1. The fourth-order valence-electron chi connectivity index (χ4n) is 5.66. The number of fused-ring (bicyclic) bond motifs is 6. The van der Waals surface area contributed by atoms with Crippen molar-refractivity contribution in [2.24, 2.45) is 7.05 Å². The molecule has 3 heteroatoms. The first-order valence-corrected chi connectivity index (χ1v) is 13.2. The molecule has 3 nitrogen and oxygen atoms in total.